The highest BCUT2D eigenvalue weighted by molar-refractivity contribution is 9.10. The van der Waals surface area contributed by atoms with E-state index in [4.69, 9.17) is 11.6 Å². The number of nitrogens with zero attached hydrogens (tertiary/aromatic N) is 2. The predicted octanol–water partition coefficient (Wildman–Crippen LogP) is 4.60. The molecule has 2 aromatic carbocycles. The van der Waals surface area contributed by atoms with Gasteiger partial charge in [-0.1, -0.05) is 63.9 Å². The third-order valence-corrected chi connectivity index (χ3v) is 3.99. The molecule has 3 rings (SSSR count). The Bertz CT molecular complexity index is 833. The highest BCUT2D eigenvalue weighted by atomic mass is 79.9. The van der Waals surface area contributed by atoms with Gasteiger partial charge in [-0.05, 0) is 23.8 Å². The molecular weight excluding hydrogens is 378 g/mol. The molecule has 0 atom stereocenters. The van der Waals surface area contributed by atoms with Crippen molar-refractivity contribution in [1.82, 2.24) is 9.78 Å². The van der Waals surface area contributed by atoms with E-state index in [-0.39, 0.29) is 5.91 Å². The molecule has 1 N–H and O–H groups in total. The number of rotatable bonds is 4. The van der Waals surface area contributed by atoms with Gasteiger partial charge in [0.15, 0.2) is 5.82 Å². The fourth-order valence-electron chi connectivity index (χ4n) is 2.14. The Hall–Kier alpha value is -2.11. The van der Waals surface area contributed by atoms with Crippen LogP contribution in [0.5, 0.6) is 0 Å². The predicted molar refractivity (Wildman–Crippen MR) is 94.9 cm³/mol. The van der Waals surface area contributed by atoms with Gasteiger partial charge in [-0.2, -0.15) is 5.10 Å². The maximum atomic E-state index is 12.2. The van der Waals surface area contributed by atoms with E-state index in [0.29, 0.717) is 22.9 Å². The highest BCUT2D eigenvalue weighted by Crippen LogP contribution is 2.21. The molecule has 0 bridgehead atoms. The van der Waals surface area contributed by atoms with Gasteiger partial charge in [0.2, 0.25) is 0 Å². The van der Waals surface area contributed by atoms with Crippen LogP contribution in [0, 0.1) is 0 Å². The molecule has 0 saturated carbocycles. The minimum Gasteiger partial charge on any atom is -0.304 e. The molecule has 4 nitrogen and oxygen atoms in total. The Morgan fingerprint density at radius 3 is 2.70 bits per heavy atom. The largest absolute Gasteiger partial charge is 0.304 e. The number of hydrogen-bond acceptors (Lipinski definition) is 2. The molecule has 0 aliphatic rings. The zero-order valence-corrected chi connectivity index (χ0v) is 14.4. The lowest BCUT2D eigenvalue weighted by Gasteiger charge is -2.03. The summed E-state index contributed by atoms with van der Waals surface area (Å²) < 4.78 is 2.54. The quantitative estimate of drug-likeness (QED) is 0.708. The average Bonchev–Trinajstić information content (AvgIpc) is 2.87. The van der Waals surface area contributed by atoms with Crippen molar-refractivity contribution in [1.29, 1.82) is 0 Å². The fourth-order valence-corrected chi connectivity index (χ4v) is 2.74. The Balaban J connectivity index is 1.75. The van der Waals surface area contributed by atoms with Crippen LogP contribution in [0.2, 0.25) is 5.02 Å². The van der Waals surface area contributed by atoms with Gasteiger partial charge in [-0.3, -0.25) is 9.48 Å². The first-order valence-electron chi connectivity index (χ1n) is 6.95. The Morgan fingerprint density at radius 2 is 1.96 bits per heavy atom. The molecule has 0 aliphatic carbocycles. The van der Waals surface area contributed by atoms with Gasteiger partial charge in [0.1, 0.15) is 5.02 Å². The first kappa shape index (κ1) is 15.8. The zero-order valence-electron chi connectivity index (χ0n) is 12.0. The van der Waals surface area contributed by atoms with Crippen LogP contribution in [-0.4, -0.2) is 15.7 Å². The third kappa shape index (κ3) is 4.00. The Labute approximate surface area is 147 Å². The van der Waals surface area contributed by atoms with Crippen LogP contribution in [0.25, 0.3) is 0 Å². The SMILES string of the molecule is O=C(Nc1nn(Cc2ccccc2)cc1Cl)c1cccc(Br)c1. The number of anilines is 1. The third-order valence-electron chi connectivity index (χ3n) is 3.22. The molecule has 116 valence electrons. The smallest absolute Gasteiger partial charge is 0.256 e. The van der Waals surface area contributed by atoms with Crippen molar-refractivity contribution < 1.29 is 4.79 Å². The molecular formula is C17H13BrClN3O. The molecule has 0 fully saturated rings. The van der Waals surface area contributed by atoms with Gasteiger partial charge in [-0.25, -0.2) is 0 Å². The van der Waals surface area contributed by atoms with Crippen molar-refractivity contribution >= 4 is 39.3 Å². The van der Waals surface area contributed by atoms with Gasteiger partial charge < -0.3 is 5.32 Å². The molecule has 0 saturated heterocycles. The molecule has 0 spiro atoms. The van der Waals surface area contributed by atoms with E-state index >= 15 is 0 Å². The van der Waals surface area contributed by atoms with Crippen molar-refractivity contribution in [3.05, 3.63) is 81.4 Å². The van der Waals surface area contributed by atoms with Crippen molar-refractivity contribution in [2.45, 2.75) is 6.54 Å². The van der Waals surface area contributed by atoms with Crippen molar-refractivity contribution in [2.24, 2.45) is 0 Å². The van der Waals surface area contributed by atoms with Gasteiger partial charge in [0.25, 0.3) is 5.91 Å². The highest BCUT2D eigenvalue weighted by Gasteiger charge is 2.12. The molecule has 6 heteroatoms. The van der Waals surface area contributed by atoms with Crippen molar-refractivity contribution in [2.75, 3.05) is 5.32 Å². The number of aromatic nitrogens is 2. The molecule has 1 amide bonds. The van der Waals surface area contributed by atoms with Gasteiger partial charge in [0.05, 0.1) is 6.54 Å². The maximum absolute atomic E-state index is 12.2. The molecule has 3 aromatic rings. The number of nitrogens with one attached hydrogen (secondary N) is 1. The summed E-state index contributed by atoms with van der Waals surface area (Å²) in [5.41, 5.74) is 1.64. The van der Waals surface area contributed by atoms with Crippen molar-refractivity contribution in [3.8, 4) is 0 Å². The van der Waals surface area contributed by atoms with E-state index in [1.807, 2.05) is 36.4 Å². The minimum absolute atomic E-state index is 0.252. The number of benzene rings is 2. The van der Waals surface area contributed by atoms with Gasteiger partial charge in [-0.15, -0.1) is 0 Å². The van der Waals surface area contributed by atoms with E-state index in [1.54, 1.807) is 29.1 Å². The van der Waals surface area contributed by atoms with Crippen LogP contribution in [-0.2, 0) is 6.54 Å². The maximum Gasteiger partial charge on any atom is 0.256 e. The Kier molecular flexibility index (Phi) is 4.79. The van der Waals surface area contributed by atoms with E-state index in [2.05, 4.69) is 26.3 Å². The lowest BCUT2D eigenvalue weighted by Crippen LogP contribution is -2.13. The van der Waals surface area contributed by atoms with E-state index < -0.39 is 0 Å². The summed E-state index contributed by atoms with van der Waals surface area (Å²) in [6.45, 7) is 0.591. The second kappa shape index (κ2) is 6.98. The molecule has 0 aliphatic heterocycles. The van der Waals surface area contributed by atoms with Crippen LogP contribution in [0.1, 0.15) is 15.9 Å². The monoisotopic (exact) mass is 389 g/mol. The van der Waals surface area contributed by atoms with Gasteiger partial charge in [0, 0.05) is 16.2 Å². The second-order valence-electron chi connectivity index (χ2n) is 4.97. The Morgan fingerprint density at radius 1 is 1.17 bits per heavy atom. The first-order chi connectivity index (χ1) is 11.1. The number of carbonyl (C=O) groups is 1. The van der Waals surface area contributed by atoms with Gasteiger partial charge >= 0.3 is 0 Å². The summed E-state index contributed by atoms with van der Waals surface area (Å²) in [6, 6.07) is 17.0. The molecule has 1 aromatic heterocycles. The first-order valence-corrected chi connectivity index (χ1v) is 8.13. The minimum atomic E-state index is -0.252. The van der Waals surface area contributed by atoms with Crippen LogP contribution < -0.4 is 5.32 Å². The van der Waals surface area contributed by atoms with E-state index in [0.717, 1.165) is 10.0 Å². The summed E-state index contributed by atoms with van der Waals surface area (Å²) in [6.07, 6.45) is 1.70. The van der Waals surface area contributed by atoms with Crippen LogP contribution in [0.3, 0.4) is 0 Å². The number of carbonyl (C=O) groups excluding carboxylic acids is 1. The van der Waals surface area contributed by atoms with Crippen LogP contribution in [0.4, 0.5) is 5.82 Å². The zero-order chi connectivity index (χ0) is 16.2. The number of amides is 1. The molecule has 23 heavy (non-hydrogen) atoms. The van der Waals surface area contributed by atoms with Crippen LogP contribution >= 0.6 is 27.5 Å². The van der Waals surface area contributed by atoms with E-state index in [1.165, 1.54) is 0 Å². The molecule has 0 radical (unpaired) electrons. The average molecular weight is 391 g/mol. The lowest BCUT2D eigenvalue weighted by molar-refractivity contribution is 0.102. The normalized spacial score (nSPS) is 10.5. The van der Waals surface area contributed by atoms with Crippen LogP contribution in [0.15, 0.2) is 65.3 Å². The van der Waals surface area contributed by atoms with Crippen molar-refractivity contribution in [3.63, 3.8) is 0 Å². The lowest BCUT2D eigenvalue weighted by atomic mass is 10.2. The summed E-state index contributed by atoms with van der Waals surface area (Å²) in [5.74, 6) is 0.103. The fraction of sp³-hybridized carbons (Fsp3) is 0.0588. The summed E-state index contributed by atoms with van der Waals surface area (Å²) in [7, 11) is 0. The molecule has 1 heterocycles. The number of halogens is 2. The van der Waals surface area contributed by atoms with E-state index in [9.17, 15) is 4.79 Å². The topological polar surface area (TPSA) is 46.9 Å². The summed E-state index contributed by atoms with van der Waals surface area (Å²) >= 11 is 9.51. The summed E-state index contributed by atoms with van der Waals surface area (Å²) in [5, 5.41) is 7.48. The second-order valence-corrected chi connectivity index (χ2v) is 6.30. The number of hydrogen-bond donors (Lipinski definition) is 1. The standard InChI is InChI=1S/C17H13BrClN3O/c18-14-8-4-7-13(9-14)17(23)20-16-15(19)11-22(21-16)10-12-5-2-1-3-6-12/h1-9,11H,10H2,(H,20,21,23). The summed E-state index contributed by atoms with van der Waals surface area (Å²) in [4.78, 5) is 12.2. The molecule has 0 unspecified atom stereocenters.